The first-order chi connectivity index (χ1) is 15.8. The summed E-state index contributed by atoms with van der Waals surface area (Å²) in [5, 5.41) is 21.8. The minimum absolute atomic E-state index is 0.0592. The summed E-state index contributed by atoms with van der Waals surface area (Å²) in [6.45, 7) is 4.36. The molecule has 11 nitrogen and oxygen atoms in total. The van der Waals surface area contributed by atoms with Gasteiger partial charge in [-0.25, -0.2) is 9.59 Å². The van der Waals surface area contributed by atoms with Crippen molar-refractivity contribution < 1.29 is 46.7 Å². The van der Waals surface area contributed by atoms with Crippen molar-refractivity contribution in [2.24, 2.45) is 5.41 Å². The summed E-state index contributed by atoms with van der Waals surface area (Å²) < 4.78 is 40.6. The monoisotopic (exact) mass is 509 g/mol. The molecule has 1 amide bonds. The maximum absolute atomic E-state index is 12.4. The van der Waals surface area contributed by atoms with Gasteiger partial charge in [0.25, 0.3) is 10.1 Å². The van der Waals surface area contributed by atoms with Crippen molar-refractivity contribution in [1.29, 1.82) is 0 Å². The van der Waals surface area contributed by atoms with Gasteiger partial charge in [-0.2, -0.15) is 8.42 Å². The van der Waals surface area contributed by atoms with Gasteiger partial charge in [0.15, 0.2) is 6.10 Å². The molecule has 3 N–H and O–H groups in total. The molecule has 1 rings (SSSR count). The first kappa shape index (κ1) is 30.1. The molecule has 198 valence electrons. The van der Waals surface area contributed by atoms with Crippen LogP contribution in [0.2, 0.25) is 0 Å². The van der Waals surface area contributed by atoms with Gasteiger partial charge in [0.1, 0.15) is 6.10 Å². The molecule has 1 unspecified atom stereocenters. The third-order valence-electron chi connectivity index (χ3n) is 5.87. The lowest BCUT2D eigenvalue weighted by molar-refractivity contribution is -0.158. The number of carbonyl (C=O) groups is 3. The highest BCUT2D eigenvalue weighted by atomic mass is 32.2. The highest BCUT2D eigenvalue weighted by Gasteiger charge is 2.43. The molecule has 2 atom stereocenters. The van der Waals surface area contributed by atoms with Gasteiger partial charge in [-0.15, -0.1) is 0 Å². The molecule has 1 saturated carbocycles. The summed E-state index contributed by atoms with van der Waals surface area (Å²) in [7, 11) is -4.05. The Morgan fingerprint density at radius 2 is 1.74 bits per heavy atom. The number of aliphatic carboxylic acids is 1. The molecule has 0 spiro atoms. The molecule has 0 aliphatic heterocycles. The van der Waals surface area contributed by atoms with E-state index >= 15 is 0 Å². The molecule has 0 heterocycles. The number of ether oxygens (including phenoxy) is 2. The fraction of sp³-hybridized carbons (Fsp3) is 0.864. The summed E-state index contributed by atoms with van der Waals surface area (Å²) in [5.74, 6) is -2.15. The second kappa shape index (κ2) is 14.5. The Bertz CT molecular complexity index is 762. The summed E-state index contributed by atoms with van der Waals surface area (Å²) in [4.78, 5) is 34.1. The average Bonchev–Trinajstić information content (AvgIpc) is 2.75. The standard InChI is InChI=1S/C22H39NO10S/c1-16(24)23-13-9-15-34(29,30)33-18(22(2,3)19(25)20(26)27)12-7-8-14-31-21(28)32-17-10-5-4-6-11-17/h17-19,25H,4-15H2,1-3H3,(H,23,24)(H,26,27)/t18?,19-/m0/s1. The molecule has 0 aromatic rings. The average molecular weight is 510 g/mol. The van der Waals surface area contributed by atoms with Gasteiger partial charge in [-0.3, -0.25) is 8.98 Å². The minimum atomic E-state index is -4.05. The maximum atomic E-state index is 12.4. The van der Waals surface area contributed by atoms with Crippen LogP contribution in [-0.4, -0.2) is 73.9 Å². The fourth-order valence-electron chi connectivity index (χ4n) is 3.72. The van der Waals surface area contributed by atoms with E-state index in [4.69, 9.17) is 13.7 Å². The Hall–Kier alpha value is -1.92. The predicted molar refractivity (Wildman–Crippen MR) is 123 cm³/mol. The van der Waals surface area contributed by atoms with Crippen molar-refractivity contribution in [3.05, 3.63) is 0 Å². The Labute approximate surface area is 201 Å². The van der Waals surface area contributed by atoms with Crippen LogP contribution in [-0.2, 0) is 33.4 Å². The van der Waals surface area contributed by atoms with E-state index in [-0.39, 0.29) is 43.8 Å². The van der Waals surface area contributed by atoms with E-state index in [1.807, 2.05) is 0 Å². The fourth-order valence-corrected chi connectivity index (χ4v) is 5.01. The minimum Gasteiger partial charge on any atom is -0.479 e. The zero-order valence-electron chi connectivity index (χ0n) is 20.3. The van der Waals surface area contributed by atoms with E-state index in [0.717, 1.165) is 32.1 Å². The third kappa shape index (κ3) is 11.5. The molecule has 0 bridgehead atoms. The molecule has 0 aromatic heterocycles. The second-order valence-electron chi connectivity index (χ2n) is 9.22. The van der Waals surface area contributed by atoms with Crippen molar-refractivity contribution in [3.63, 3.8) is 0 Å². The quantitative estimate of drug-likeness (QED) is 0.169. The van der Waals surface area contributed by atoms with Crippen LogP contribution in [0.3, 0.4) is 0 Å². The van der Waals surface area contributed by atoms with Gasteiger partial charge in [0.05, 0.1) is 18.5 Å². The van der Waals surface area contributed by atoms with Crippen LogP contribution in [0.5, 0.6) is 0 Å². The predicted octanol–water partition coefficient (Wildman–Crippen LogP) is 2.36. The lowest BCUT2D eigenvalue weighted by atomic mass is 9.78. The number of unbranched alkanes of at least 4 members (excludes halogenated alkanes) is 1. The zero-order chi connectivity index (χ0) is 25.8. The number of carboxylic acids is 1. The number of aliphatic hydroxyl groups is 1. The number of carboxylic acid groups (broad SMARTS) is 1. The number of aliphatic hydroxyl groups excluding tert-OH is 1. The van der Waals surface area contributed by atoms with Gasteiger partial charge in [-0.05, 0) is 51.4 Å². The topological polar surface area (TPSA) is 166 Å². The summed E-state index contributed by atoms with van der Waals surface area (Å²) >= 11 is 0. The highest BCUT2D eigenvalue weighted by molar-refractivity contribution is 7.86. The largest absolute Gasteiger partial charge is 0.508 e. The highest BCUT2D eigenvalue weighted by Crippen LogP contribution is 2.33. The summed E-state index contributed by atoms with van der Waals surface area (Å²) in [6.07, 6.45) is 1.97. The van der Waals surface area contributed by atoms with Crippen LogP contribution in [0, 0.1) is 5.41 Å². The molecule has 1 aliphatic rings. The van der Waals surface area contributed by atoms with Crippen LogP contribution >= 0.6 is 0 Å². The normalized spacial score (nSPS) is 16.9. The molecule has 1 aliphatic carbocycles. The molecule has 34 heavy (non-hydrogen) atoms. The van der Waals surface area contributed by atoms with Crippen LogP contribution in [0.15, 0.2) is 0 Å². The Morgan fingerprint density at radius 1 is 1.09 bits per heavy atom. The van der Waals surface area contributed by atoms with Crippen molar-refractivity contribution in [2.75, 3.05) is 18.9 Å². The summed E-state index contributed by atoms with van der Waals surface area (Å²) in [6, 6.07) is 0. The van der Waals surface area contributed by atoms with E-state index < -0.39 is 39.9 Å². The van der Waals surface area contributed by atoms with Crippen LogP contribution in [0.25, 0.3) is 0 Å². The molecular weight excluding hydrogens is 470 g/mol. The SMILES string of the molecule is CC(=O)NCCCS(=O)(=O)OC(CCCCOC(=O)OC1CCCCC1)C(C)(C)[C@@H](O)C(=O)O. The number of hydrogen-bond acceptors (Lipinski definition) is 9. The van der Waals surface area contributed by atoms with Crippen molar-refractivity contribution in [1.82, 2.24) is 5.32 Å². The molecule has 12 heteroatoms. The Morgan fingerprint density at radius 3 is 2.32 bits per heavy atom. The van der Waals surface area contributed by atoms with Crippen molar-refractivity contribution in [3.8, 4) is 0 Å². The number of hydrogen-bond donors (Lipinski definition) is 3. The first-order valence-corrected chi connectivity index (χ1v) is 13.3. The summed E-state index contributed by atoms with van der Waals surface area (Å²) in [5.41, 5.74) is -1.42. The maximum Gasteiger partial charge on any atom is 0.508 e. The third-order valence-corrected chi connectivity index (χ3v) is 7.19. The van der Waals surface area contributed by atoms with E-state index in [1.165, 1.54) is 20.8 Å². The van der Waals surface area contributed by atoms with Gasteiger partial charge in [0.2, 0.25) is 5.91 Å². The molecule has 0 radical (unpaired) electrons. The number of carbonyl (C=O) groups excluding carboxylic acids is 2. The number of nitrogens with one attached hydrogen (secondary N) is 1. The van der Waals surface area contributed by atoms with Crippen molar-refractivity contribution >= 4 is 28.1 Å². The molecule has 0 aromatic carbocycles. The Balaban J connectivity index is 2.59. The lowest BCUT2D eigenvalue weighted by Gasteiger charge is -2.35. The second-order valence-corrected chi connectivity index (χ2v) is 10.9. The van der Waals surface area contributed by atoms with Crippen LogP contribution < -0.4 is 5.32 Å². The number of amides is 1. The van der Waals surface area contributed by atoms with E-state index in [0.29, 0.717) is 12.8 Å². The van der Waals surface area contributed by atoms with Gasteiger partial charge < -0.3 is 25.0 Å². The molecule has 0 saturated heterocycles. The van der Waals surface area contributed by atoms with E-state index in [1.54, 1.807) is 0 Å². The van der Waals surface area contributed by atoms with E-state index in [2.05, 4.69) is 5.32 Å². The van der Waals surface area contributed by atoms with Gasteiger partial charge in [0, 0.05) is 18.9 Å². The Kier molecular flexibility index (Phi) is 12.8. The van der Waals surface area contributed by atoms with Crippen molar-refractivity contribution in [2.45, 2.75) is 96.9 Å². The molecule has 1 fully saturated rings. The van der Waals surface area contributed by atoms with Crippen LogP contribution in [0.1, 0.15) is 78.6 Å². The van der Waals surface area contributed by atoms with Gasteiger partial charge in [-0.1, -0.05) is 20.3 Å². The first-order valence-electron chi connectivity index (χ1n) is 11.7. The van der Waals surface area contributed by atoms with Gasteiger partial charge >= 0.3 is 12.1 Å². The smallest absolute Gasteiger partial charge is 0.479 e. The lowest BCUT2D eigenvalue weighted by Crippen LogP contribution is -2.47. The van der Waals surface area contributed by atoms with E-state index in [9.17, 15) is 33.0 Å². The zero-order valence-corrected chi connectivity index (χ0v) is 21.1. The molecular formula is C22H39NO10S. The van der Waals surface area contributed by atoms with Crippen LogP contribution in [0.4, 0.5) is 4.79 Å². The number of rotatable bonds is 15.